The van der Waals surface area contributed by atoms with Crippen LogP contribution in [0.25, 0.3) is 0 Å². The average molecular weight is 172 g/mol. The van der Waals surface area contributed by atoms with Gasteiger partial charge in [0.25, 0.3) is 0 Å². The molecule has 4 nitrogen and oxygen atoms in total. The van der Waals surface area contributed by atoms with Crippen molar-refractivity contribution in [3.63, 3.8) is 0 Å². The summed E-state index contributed by atoms with van der Waals surface area (Å²) in [6.07, 6.45) is 3.36. The highest BCUT2D eigenvalue weighted by Crippen LogP contribution is 2.23. The van der Waals surface area contributed by atoms with Crippen LogP contribution in [-0.2, 0) is 0 Å². The van der Waals surface area contributed by atoms with Gasteiger partial charge in [-0.2, -0.15) is 0 Å². The van der Waals surface area contributed by atoms with Gasteiger partial charge in [-0.25, -0.2) is 4.79 Å². The van der Waals surface area contributed by atoms with E-state index in [0.717, 1.165) is 19.3 Å². The topological polar surface area (TPSA) is 75.3 Å². The number of hydrogen-bond donors (Lipinski definition) is 3. The second kappa shape index (κ2) is 4.30. The molecule has 1 fully saturated rings. The molecule has 0 aromatic heterocycles. The van der Waals surface area contributed by atoms with E-state index in [4.69, 9.17) is 10.8 Å². The molecule has 1 saturated carbocycles. The van der Waals surface area contributed by atoms with Crippen LogP contribution in [0.2, 0.25) is 0 Å². The Kier molecular flexibility index (Phi) is 3.34. The molecule has 0 bridgehead atoms. The zero-order chi connectivity index (χ0) is 8.97. The first-order valence-electron chi connectivity index (χ1n) is 4.43. The second-order valence-electron chi connectivity index (χ2n) is 3.34. The number of rotatable bonds is 2. The molecule has 1 amide bonds. The van der Waals surface area contributed by atoms with Gasteiger partial charge in [0.1, 0.15) is 0 Å². The molecular formula is C8H16N2O2. The zero-order valence-electron chi connectivity index (χ0n) is 7.12. The van der Waals surface area contributed by atoms with E-state index in [1.54, 1.807) is 0 Å². The van der Waals surface area contributed by atoms with Crippen molar-refractivity contribution in [2.24, 2.45) is 11.7 Å². The molecule has 12 heavy (non-hydrogen) atoms. The number of nitrogens with one attached hydrogen (secondary N) is 1. The van der Waals surface area contributed by atoms with Gasteiger partial charge in [0.05, 0.1) is 0 Å². The van der Waals surface area contributed by atoms with E-state index >= 15 is 0 Å². The molecule has 2 atom stereocenters. The Morgan fingerprint density at radius 3 is 2.75 bits per heavy atom. The minimum Gasteiger partial charge on any atom is -0.465 e. The van der Waals surface area contributed by atoms with Crippen LogP contribution in [0.1, 0.15) is 25.7 Å². The maximum Gasteiger partial charge on any atom is 0.404 e. The zero-order valence-corrected chi connectivity index (χ0v) is 7.12. The summed E-state index contributed by atoms with van der Waals surface area (Å²) >= 11 is 0. The van der Waals surface area contributed by atoms with Crippen molar-refractivity contribution in [2.45, 2.75) is 31.7 Å². The van der Waals surface area contributed by atoms with Crippen molar-refractivity contribution >= 4 is 6.09 Å². The molecule has 0 heterocycles. The summed E-state index contributed by atoms with van der Waals surface area (Å²) in [6, 6.07) is 0.0845. The predicted octanol–water partition coefficient (Wildman–Crippen LogP) is 0.772. The molecule has 70 valence electrons. The molecule has 4 heteroatoms. The molecule has 0 unspecified atom stereocenters. The Hall–Kier alpha value is -0.770. The van der Waals surface area contributed by atoms with Crippen molar-refractivity contribution in [2.75, 3.05) is 6.54 Å². The van der Waals surface area contributed by atoms with Crippen molar-refractivity contribution in [3.05, 3.63) is 0 Å². The van der Waals surface area contributed by atoms with Crippen LogP contribution in [0.15, 0.2) is 0 Å². The minimum absolute atomic E-state index is 0.0845. The second-order valence-corrected chi connectivity index (χ2v) is 3.34. The molecule has 1 rings (SSSR count). The molecule has 0 saturated heterocycles. The van der Waals surface area contributed by atoms with Gasteiger partial charge in [0.15, 0.2) is 0 Å². The summed E-state index contributed by atoms with van der Waals surface area (Å²) in [5.41, 5.74) is 5.54. The van der Waals surface area contributed by atoms with Gasteiger partial charge in [-0.15, -0.1) is 0 Å². The summed E-state index contributed by atoms with van der Waals surface area (Å²) in [4.78, 5) is 10.4. The van der Waals surface area contributed by atoms with Crippen molar-refractivity contribution in [1.29, 1.82) is 0 Å². The lowest BCUT2D eigenvalue weighted by molar-refractivity contribution is 0.176. The number of amides is 1. The van der Waals surface area contributed by atoms with Crippen LogP contribution in [0.4, 0.5) is 4.79 Å². The van der Waals surface area contributed by atoms with Crippen molar-refractivity contribution in [3.8, 4) is 0 Å². The van der Waals surface area contributed by atoms with Gasteiger partial charge < -0.3 is 16.2 Å². The summed E-state index contributed by atoms with van der Waals surface area (Å²) in [5, 5.41) is 11.0. The largest absolute Gasteiger partial charge is 0.465 e. The highest BCUT2D eigenvalue weighted by molar-refractivity contribution is 5.64. The lowest BCUT2D eigenvalue weighted by Gasteiger charge is -2.30. The molecule has 1 aliphatic rings. The Morgan fingerprint density at radius 2 is 2.17 bits per heavy atom. The first-order valence-corrected chi connectivity index (χ1v) is 4.43. The quantitative estimate of drug-likeness (QED) is 0.576. The third kappa shape index (κ3) is 2.37. The monoisotopic (exact) mass is 172 g/mol. The van der Waals surface area contributed by atoms with Crippen LogP contribution < -0.4 is 11.1 Å². The third-order valence-corrected chi connectivity index (χ3v) is 2.52. The maximum atomic E-state index is 10.4. The predicted molar refractivity (Wildman–Crippen MR) is 46.0 cm³/mol. The van der Waals surface area contributed by atoms with Gasteiger partial charge in [0, 0.05) is 6.04 Å². The molecule has 4 N–H and O–H groups in total. The van der Waals surface area contributed by atoms with E-state index < -0.39 is 6.09 Å². The molecule has 0 aliphatic heterocycles. The highest BCUT2D eigenvalue weighted by Gasteiger charge is 2.24. The molecule has 0 spiro atoms. The lowest BCUT2D eigenvalue weighted by Crippen LogP contribution is -2.44. The number of nitrogens with two attached hydrogens (primary N) is 1. The van der Waals surface area contributed by atoms with E-state index in [0.29, 0.717) is 12.5 Å². The Balaban J connectivity index is 2.41. The smallest absolute Gasteiger partial charge is 0.404 e. The Bertz CT molecular complexity index is 161. The fourth-order valence-corrected chi connectivity index (χ4v) is 1.84. The first kappa shape index (κ1) is 9.32. The van der Waals surface area contributed by atoms with Crippen molar-refractivity contribution < 1.29 is 9.90 Å². The van der Waals surface area contributed by atoms with E-state index in [2.05, 4.69) is 5.32 Å². The van der Waals surface area contributed by atoms with Gasteiger partial charge in [-0.3, -0.25) is 0 Å². The summed E-state index contributed by atoms with van der Waals surface area (Å²) < 4.78 is 0. The maximum absolute atomic E-state index is 10.4. The van der Waals surface area contributed by atoms with Crippen LogP contribution in [0.3, 0.4) is 0 Å². The fraction of sp³-hybridized carbons (Fsp3) is 0.875. The van der Waals surface area contributed by atoms with Gasteiger partial charge in [0.2, 0.25) is 0 Å². The SMILES string of the molecule is NC[C@@H]1CCCC[C@@H]1NC(=O)O. The fourth-order valence-electron chi connectivity index (χ4n) is 1.84. The van der Waals surface area contributed by atoms with Gasteiger partial charge in [-0.1, -0.05) is 12.8 Å². The van der Waals surface area contributed by atoms with Crippen LogP contribution in [-0.4, -0.2) is 23.8 Å². The first-order chi connectivity index (χ1) is 5.74. The number of carbonyl (C=O) groups is 1. The third-order valence-electron chi connectivity index (χ3n) is 2.52. The van der Waals surface area contributed by atoms with Crippen molar-refractivity contribution in [1.82, 2.24) is 5.32 Å². The number of carboxylic acid groups (broad SMARTS) is 1. The standard InChI is InChI=1S/C8H16N2O2/c9-5-6-3-1-2-4-7(6)10-8(11)12/h6-7,10H,1-5,9H2,(H,11,12)/t6-,7-/m0/s1. The molecule has 0 aromatic carbocycles. The number of hydrogen-bond acceptors (Lipinski definition) is 2. The summed E-state index contributed by atoms with van der Waals surface area (Å²) in [6.45, 7) is 0.588. The van der Waals surface area contributed by atoms with Crippen LogP contribution in [0.5, 0.6) is 0 Å². The summed E-state index contributed by atoms with van der Waals surface area (Å²) in [5.74, 6) is 0.342. The highest BCUT2D eigenvalue weighted by atomic mass is 16.4. The van der Waals surface area contributed by atoms with Gasteiger partial charge >= 0.3 is 6.09 Å². The van der Waals surface area contributed by atoms with E-state index in [9.17, 15) is 4.79 Å². The van der Waals surface area contributed by atoms with E-state index in [1.807, 2.05) is 0 Å². The lowest BCUT2D eigenvalue weighted by atomic mass is 9.85. The molecule has 0 radical (unpaired) electrons. The molecular weight excluding hydrogens is 156 g/mol. The molecule has 0 aromatic rings. The minimum atomic E-state index is -0.930. The van der Waals surface area contributed by atoms with E-state index in [1.165, 1.54) is 6.42 Å². The van der Waals surface area contributed by atoms with Crippen LogP contribution >= 0.6 is 0 Å². The van der Waals surface area contributed by atoms with Crippen LogP contribution in [0, 0.1) is 5.92 Å². The Labute approximate surface area is 72.1 Å². The Morgan fingerprint density at radius 1 is 1.50 bits per heavy atom. The van der Waals surface area contributed by atoms with E-state index in [-0.39, 0.29) is 6.04 Å². The molecule has 1 aliphatic carbocycles. The van der Waals surface area contributed by atoms with Gasteiger partial charge in [-0.05, 0) is 25.3 Å². The summed E-state index contributed by atoms with van der Waals surface area (Å²) in [7, 11) is 0. The normalized spacial score (nSPS) is 29.8. The average Bonchev–Trinajstić information content (AvgIpc) is 2.04.